The number of rotatable bonds is 6. The summed E-state index contributed by atoms with van der Waals surface area (Å²) in [5.41, 5.74) is 4.84. The molecule has 0 saturated heterocycles. The first-order valence-electron chi connectivity index (χ1n) is 11.8. The average Bonchev–Trinajstić information content (AvgIpc) is 3.27. The summed E-state index contributed by atoms with van der Waals surface area (Å²) in [6.45, 7) is 4.21. The number of carbonyl (C=O) groups excluding carboxylic acids is 2. The van der Waals surface area contributed by atoms with Gasteiger partial charge in [0.15, 0.2) is 0 Å². The van der Waals surface area contributed by atoms with E-state index in [0.717, 1.165) is 39.9 Å². The van der Waals surface area contributed by atoms with Gasteiger partial charge >= 0.3 is 0 Å². The van der Waals surface area contributed by atoms with E-state index in [1.54, 1.807) is 20.1 Å². The number of benzene rings is 2. The quantitative estimate of drug-likeness (QED) is 0.693. The number of fused-ring (bicyclic) bond motifs is 2. The van der Waals surface area contributed by atoms with Crippen LogP contribution in [-0.4, -0.2) is 41.9 Å². The average molecular weight is 469 g/mol. The number of carbonyl (C=O) groups is 2. The van der Waals surface area contributed by atoms with Crippen molar-refractivity contribution in [1.29, 1.82) is 0 Å². The van der Waals surface area contributed by atoms with Crippen LogP contribution in [0.25, 0.3) is 5.57 Å². The van der Waals surface area contributed by atoms with Gasteiger partial charge in [-0.15, -0.1) is 0 Å². The van der Waals surface area contributed by atoms with E-state index in [9.17, 15) is 14.7 Å². The van der Waals surface area contributed by atoms with E-state index < -0.39 is 5.60 Å². The number of aliphatic imine (C=N–C) groups is 1. The maximum absolute atomic E-state index is 13.2. The van der Waals surface area contributed by atoms with E-state index in [4.69, 9.17) is 4.74 Å². The van der Waals surface area contributed by atoms with Crippen LogP contribution in [0.5, 0.6) is 5.75 Å². The predicted octanol–water partition coefficient (Wildman–Crippen LogP) is 4.07. The fraction of sp³-hybridized carbons (Fsp3) is 0.276. The van der Waals surface area contributed by atoms with Gasteiger partial charge in [-0.25, -0.2) is 4.99 Å². The van der Waals surface area contributed by atoms with Gasteiger partial charge in [0.05, 0.1) is 23.6 Å². The highest BCUT2D eigenvalue weighted by atomic mass is 16.5. The van der Waals surface area contributed by atoms with E-state index >= 15 is 0 Å². The third-order valence-corrected chi connectivity index (χ3v) is 6.39. The van der Waals surface area contributed by atoms with Crippen LogP contribution in [-0.2, 0) is 22.4 Å². The molecule has 1 aliphatic carbocycles. The highest BCUT2D eigenvalue weighted by Gasteiger charge is 2.27. The Morgan fingerprint density at radius 2 is 1.97 bits per heavy atom. The third kappa shape index (κ3) is 4.88. The normalized spacial score (nSPS) is 18.7. The zero-order valence-electron chi connectivity index (χ0n) is 19.9. The summed E-state index contributed by atoms with van der Waals surface area (Å²) in [6.07, 6.45) is 10.4. The van der Waals surface area contributed by atoms with Crippen LogP contribution in [0.1, 0.15) is 30.5 Å². The van der Waals surface area contributed by atoms with Gasteiger partial charge in [0.2, 0.25) is 5.91 Å². The van der Waals surface area contributed by atoms with Crippen LogP contribution in [0.2, 0.25) is 0 Å². The number of allylic oxidation sites excluding steroid dienone is 4. The number of ether oxygens (including phenoxy) is 1. The first kappa shape index (κ1) is 23.0. The first-order chi connectivity index (χ1) is 16.8. The molecular formula is C29H28N2O4. The second kappa shape index (κ2) is 9.12. The van der Waals surface area contributed by atoms with Gasteiger partial charge in [-0.05, 0) is 48.6 Å². The van der Waals surface area contributed by atoms with Crippen LogP contribution in [0.3, 0.4) is 0 Å². The van der Waals surface area contributed by atoms with Crippen molar-refractivity contribution in [2.45, 2.75) is 32.3 Å². The molecule has 3 aliphatic rings. The number of nitrogens with zero attached hydrogens (tertiary/aromatic N) is 2. The van der Waals surface area contributed by atoms with E-state index in [2.05, 4.69) is 4.99 Å². The summed E-state index contributed by atoms with van der Waals surface area (Å²) in [5, 5.41) is 9.93. The van der Waals surface area contributed by atoms with Crippen molar-refractivity contribution in [1.82, 2.24) is 0 Å². The Labute approximate surface area is 204 Å². The maximum Gasteiger partial charge on any atom is 0.257 e. The molecule has 35 heavy (non-hydrogen) atoms. The van der Waals surface area contributed by atoms with Crippen LogP contribution >= 0.6 is 0 Å². The minimum absolute atomic E-state index is 0.0309. The minimum atomic E-state index is -0.929. The van der Waals surface area contributed by atoms with Gasteiger partial charge in [0, 0.05) is 24.4 Å². The zero-order valence-corrected chi connectivity index (χ0v) is 19.9. The Bertz CT molecular complexity index is 1290. The lowest BCUT2D eigenvalue weighted by Gasteiger charge is -2.21. The second-order valence-electron chi connectivity index (χ2n) is 9.75. The third-order valence-electron chi connectivity index (χ3n) is 6.39. The molecule has 2 amide bonds. The number of hydrogen-bond acceptors (Lipinski definition) is 4. The monoisotopic (exact) mass is 468 g/mol. The number of amides is 2. The Balaban J connectivity index is 1.30. The Kier molecular flexibility index (Phi) is 5.99. The molecule has 1 unspecified atom stereocenters. The molecule has 6 heteroatoms. The van der Waals surface area contributed by atoms with Crippen molar-refractivity contribution >= 4 is 29.3 Å². The molecule has 2 aromatic rings. The van der Waals surface area contributed by atoms with Crippen molar-refractivity contribution in [2.75, 3.05) is 18.1 Å². The van der Waals surface area contributed by atoms with Crippen molar-refractivity contribution in [3.63, 3.8) is 0 Å². The van der Waals surface area contributed by atoms with E-state index in [1.807, 2.05) is 71.7 Å². The smallest absolute Gasteiger partial charge is 0.257 e. The highest BCUT2D eigenvalue weighted by molar-refractivity contribution is 6.19. The molecule has 0 saturated carbocycles. The van der Waals surface area contributed by atoms with E-state index in [0.29, 0.717) is 12.3 Å². The first-order valence-corrected chi connectivity index (χ1v) is 11.8. The molecule has 1 atom stereocenters. The van der Waals surface area contributed by atoms with Gasteiger partial charge in [-0.2, -0.15) is 0 Å². The van der Waals surface area contributed by atoms with Crippen molar-refractivity contribution in [3.05, 3.63) is 89.0 Å². The molecule has 5 rings (SSSR count). The predicted molar refractivity (Wildman–Crippen MR) is 137 cm³/mol. The molecule has 2 aliphatic heterocycles. The Hall–Kier alpha value is -3.77. The molecule has 0 fully saturated rings. The van der Waals surface area contributed by atoms with Gasteiger partial charge in [0.25, 0.3) is 5.91 Å². The van der Waals surface area contributed by atoms with Crippen LogP contribution in [0.4, 0.5) is 5.69 Å². The van der Waals surface area contributed by atoms with E-state index in [1.165, 1.54) is 0 Å². The fourth-order valence-corrected chi connectivity index (χ4v) is 4.58. The van der Waals surface area contributed by atoms with Gasteiger partial charge in [-0.3, -0.25) is 9.59 Å². The molecule has 0 aromatic heterocycles. The summed E-state index contributed by atoms with van der Waals surface area (Å²) in [5.74, 6) is 0.199. The largest absolute Gasteiger partial charge is 0.491 e. The standard InChI is InChI=1S/C29H28N2O4/c1-29(2,34)18-35-22-12-11-21-13-14-31(26(21)16-22)27(32)15-19-7-9-20(10-8-19)25-17-30-28(33)24-6-4-3-5-23(24)25/h3-12,16-17,24,34H,13-15,18H2,1-2H3. The van der Waals surface area contributed by atoms with Crippen LogP contribution < -0.4 is 9.64 Å². The summed E-state index contributed by atoms with van der Waals surface area (Å²) in [4.78, 5) is 31.2. The number of anilines is 1. The van der Waals surface area contributed by atoms with Gasteiger partial charge < -0.3 is 14.7 Å². The topological polar surface area (TPSA) is 79.2 Å². The lowest BCUT2D eigenvalue weighted by molar-refractivity contribution is -0.119. The van der Waals surface area contributed by atoms with E-state index in [-0.39, 0.29) is 30.8 Å². The lowest BCUT2D eigenvalue weighted by atomic mass is 9.85. The SMILES string of the molecule is CC(C)(O)COc1ccc2c(c1)N(C(=O)Cc1ccc(C3=C4C=CC=CC4C(=O)N=C3)cc1)CC2. The van der Waals surface area contributed by atoms with Gasteiger partial charge in [-0.1, -0.05) is 54.6 Å². The lowest BCUT2D eigenvalue weighted by Crippen LogP contribution is -2.30. The molecule has 0 spiro atoms. The van der Waals surface area contributed by atoms with Crippen LogP contribution in [0, 0.1) is 5.92 Å². The zero-order chi connectivity index (χ0) is 24.6. The molecular weight excluding hydrogens is 440 g/mol. The molecule has 2 heterocycles. The van der Waals surface area contributed by atoms with Crippen molar-refractivity contribution in [2.24, 2.45) is 10.9 Å². The summed E-state index contributed by atoms with van der Waals surface area (Å²) >= 11 is 0. The molecule has 0 radical (unpaired) electrons. The Morgan fingerprint density at radius 1 is 1.17 bits per heavy atom. The maximum atomic E-state index is 13.2. The number of aliphatic hydroxyl groups is 1. The highest BCUT2D eigenvalue weighted by Crippen LogP contribution is 2.34. The van der Waals surface area contributed by atoms with Crippen molar-refractivity contribution < 1.29 is 19.4 Å². The molecule has 2 aromatic carbocycles. The fourth-order valence-electron chi connectivity index (χ4n) is 4.58. The second-order valence-corrected chi connectivity index (χ2v) is 9.75. The summed E-state index contributed by atoms with van der Waals surface area (Å²) < 4.78 is 5.72. The summed E-state index contributed by atoms with van der Waals surface area (Å²) in [6, 6.07) is 13.6. The molecule has 6 nitrogen and oxygen atoms in total. The molecule has 0 bridgehead atoms. The number of hydrogen-bond donors (Lipinski definition) is 1. The van der Waals surface area contributed by atoms with Crippen LogP contribution in [0.15, 0.2) is 77.3 Å². The number of dihydropyridines is 1. The molecule has 178 valence electrons. The summed E-state index contributed by atoms with van der Waals surface area (Å²) in [7, 11) is 0. The molecule has 1 N–H and O–H groups in total. The van der Waals surface area contributed by atoms with Gasteiger partial charge in [0.1, 0.15) is 12.4 Å². The Morgan fingerprint density at radius 3 is 2.74 bits per heavy atom. The van der Waals surface area contributed by atoms with Crippen molar-refractivity contribution in [3.8, 4) is 5.75 Å². The minimum Gasteiger partial charge on any atom is -0.491 e.